The van der Waals surface area contributed by atoms with Crippen LogP contribution in [0.1, 0.15) is 27.2 Å². The zero-order valence-corrected chi connectivity index (χ0v) is 15.9. The summed E-state index contributed by atoms with van der Waals surface area (Å²) in [5.41, 5.74) is 4.17. The second-order valence-corrected chi connectivity index (χ2v) is 6.51. The summed E-state index contributed by atoms with van der Waals surface area (Å²) < 4.78 is 5.20. The number of aryl methyl sites for hydroxylation is 2. The van der Waals surface area contributed by atoms with Crippen LogP contribution in [0.2, 0.25) is 0 Å². The van der Waals surface area contributed by atoms with Crippen molar-refractivity contribution in [1.29, 1.82) is 0 Å². The van der Waals surface area contributed by atoms with E-state index in [0.29, 0.717) is 23.6 Å². The Bertz CT molecular complexity index is 945. The Morgan fingerprint density at radius 3 is 2.43 bits per heavy atom. The lowest BCUT2D eigenvalue weighted by Crippen LogP contribution is -2.24. The van der Waals surface area contributed by atoms with E-state index in [2.05, 4.69) is 16.0 Å². The quantitative estimate of drug-likeness (QED) is 0.583. The van der Waals surface area contributed by atoms with Crippen LogP contribution in [0.4, 0.5) is 11.4 Å². The Hall–Kier alpha value is -3.54. The molecule has 0 fully saturated rings. The molecule has 2 amide bonds. The van der Waals surface area contributed by atoms with Crippen molar-refractivity contribution in [3.63, 3.8) is 0 Å². The monoisotopic (exact) mass is 377 g/mol. The Morgan fingerprint density at radius 1 is 0.964 bits per heavy atom. The molecule has 0 aliphatic heterocycles. The highest BCUT2D eigenvalue weighted by Gasteiger charge is 2.09. The zero-order chi connectivity index (χ0) is 19.9. The first-order valence-electron chi connectivity index (χ1n) is 9.03. The van der Waals surface area contributed by atoms with Crippen molar-refractivity contribution >= 4 is 23.2 Å². The van der Waals surface area contributed by atoms with E-state index in [9.17, 15) is 9.59 Å². The number of hydrogen-bond donors (Lipinski definition) is 3. The molecule has 0 spiro atoms. The molecule has 3 rings (SSSR count). The molecular formula is C22H23N3O3. The first-order valence-corrected chi connectivity index (χ1v) is 9.03. The fourth-order valence-corrected chi connectivity index (χ4v) is 2.89. The van der Waals surface area contributed by atoms with Crippen molar-refractivity contribution in [2.24, 2.45) is 0 Å². The first kappa shape index (κ1) is 19.2. The molecule has 0 atom stereocenters. The first-order chi connectivity index (χ1) is 13.5. The van der Waals surface area contributed by atoms with Gasteiger partial charge in [0.05, 0.1) is 19.4 Å². The van der Waals surface area contributed by atoms with E-state index < -0.39 is 0 Å². The average Bonchev–Trinajstić information content (AvgIpc) is 3.19. The number of para-hydroxylation sites is 1. The topological polar surface area (TPSA) is 83.4 Å². The van der Waals surface area contributed by atoms with Crippen LogP contribution in [0, 0.1) is 13.8 Å². The molecule has 0 radical (unpaired) electrons. The highest BCUT2D eigenvalue weighted by molar-refractivity contribution is 5.98. The van der Waals surface area contributed by atoms with Crippen LogP contribution >= 0.6 is 0 Å². The fourth-order valence-electron chi connectivity index (χ4n) is 2.89. The van der Waals surface area contributed by atoms with Crippen molar-refractivity contribution in [3.05, 3.63) is 83.3 Å². The van der Waals surface area contributed by atoms with Gasteiger partial charge in [-0.15, -0.1) is 0 Å². The van der Waals surface area contributed by atoms with E-state index in [1.165, 1.54) is 0 Å². The molecule has 6 heteroatoms. The van der Waals surface area contributed by atoms with Crippen molar-refractivity contribution in [3.8, 4) is 0 Å². The molecular weight excluding hydrogens is 354 g/mol. The molecule has 1 heterocycles. The van der Waals surface area contributed by atoms with Gasteiger partial charge in [-0.05, 0) is 55.3 Å². The summed E-state index contributed by atoms with van der Waals surface area (Å²) in [6.07, 6.45) is 1.56. The summed E-state index contributed by atoms with van der Waals surface area (Å²) in [7, 11) is 0. The highest BCUT2D eigenvalue weighted by atomic mass is 16.3. The zero-order valence-electron chi connectivity index (χ0n) is 15.9. The number of hydrogen-bond acceptors (Lipinski definition) is 4. The van der Waals surface area contributed by atoms with Gasteiger partial charge in [0.2, 0.25) is 5.91 Å². The molecule has 0 saturated heterocycles. The average molecular weight is 377 g/mol. The van der Waals surface area contributed by atoms with Crippen molar-refractivity contribution in [2.75, 3.05) is 17.2 Å². The molecule has 0 aliphatic rings. The van der Waals surface area contributed by atoms with Gasteiger partial charge in [0.25, 0.3) is 5.91 Å². The second kappa shape index (κ2) is 8.90. The van der Waals surface area contributed by atoms with E-state index in [-0.39, 0.29) is 18.4 Å². The standard InChI is InChI=1S/C22H23N3O3/c1-15-6-3-7-16(2)21(15)23-14-20(26)25-18-9-4-8-17(12-18)22(27)24-13-19-10-5-11-28-19/h3-12,23H,13-14H2,1-2H3,(H,24,27)(H,25,26). The van der Waals surface area contributed by atoms with Gasteiger partial charge in [-0.25, -0.2) is 0 Å². The Kier molecular flexibility index (Phi) is 6.11. The number of furan rings is 1. The van der Waals surface area contributed by atoms with Gasteiger partial charge in [0.15, 0.2) is 0 Å². The molecule has 1 aromatic heterocycles. The predicted octanol–water partition coefficient (Wildman–Crippen LogP) is 3.88. The lowest BCUT2D eigenvalue weighted by molar-refractivity contribution is -0.114. The number of rotatable bonds is 7. The Morgan fingerprint density at radius 2 is 1.71 bits per heavy atom. The van der Waals surface area contributed by atoms with Crippen LogP contribution in [0.3, 0.4) is 0 Å². The van der Waals surface area contributed by atoms with Crippen LogP contribution in [-0.4, -0.2) is 18.4 Å². The minimum absolute atomic E-state index is 0.139. The summed E-state index contributed by atoms with van der Waals surface area (Å²) >= 11 is 0. The third-order valence-corrected chi connectivity index (χ3v) is 4.32. The molecule has 3 N–H and O–H groups in total. The van der Waals surface area contributed by atoms with E-state index in [0.717, 1.165) is 16.8 Å². The van der Waals surface area contributed by atoms with Crippen LogP contribution in [0.25, 0.3) is 0 Å². The van der Waals surface area contributed by atoms with Gasteiger partial charge < -0.3 is 20.4 Å². The van der Waals surface area contributed by atoms with E-state index in [1.54, 1.807) is 42.7 Å². The maximum absolute atomic E-state index is 12.3. The van der Waals surface area contributed by atoms with Gasteiger partial charge in [-0.2, -0.15) is 0 Å². The molecule has 3 aromatic rings. The molecule has 144 valence electrons. The SMILES string of the molecule is Cc1cccc(C)c1NCC(=O)Nc1cccc(C(=O)NCc2ccco2)c1. The molecule has 0 bridgehead atoms. The maximum Gasteiger partial charge on any atom is 0.251 e. The minimum atomic E-state index is -0.235. The van der Waals surface area contributed by atoms with Gasteiger partial charge in [0, 0.05) is 16.9 Å². The van der Waals surface area contributed by atoms with Gasteiger partial charge in [-0.3, -0.25) is 9.59 Å². The van der Waals surface area contributed by atoms with Crippen LogP contribution in [0.15, 0.2) is 65.3 Å². The summed E-state index contributed by atoms with van der Waals surface area (Å²) in [6.45, 7) is 4.44. The van der Waals surface area contributed by atoms with E-state index >= 15 is 0 Å². The smallest absolute Gasteiger partial charge is 0.251 e. The number of benzene rings is 2. The Balaban J connectivity index is 1.56. The minimum Gasteiger partial charge on any atom is -0.467 e. The van der Waals surface area contributed by atoms with Gasteiger partial charge >= 0.3 is 0 Å². The van der Waals surface area contributed by atoms with Crippen LogP contribution in [-0.2, 0) is 11.3 Å². The van der Waals surface area contributed by atoms with Gasteiger partial charge in [0.1, 0.15) is 5.76 Å². The summed E-state index contributed by atoms with van der Waals surface area (Å²) in [5, 5.41) is 8.77. The van der Waals surface area contributed by atoms with Gasteiger partial charge in [-0.1, -0.05) is 24.3 Å². The van der Waals surface area contributed by atoms with Crippen molar-refractivity contribution < 1.29 is 14.0 Å². The highest BCUT2D eigenvalue weighted by Crippen LogP contribution is 2.19. The van der Waals surface area contributed by atoms with E-state index in [1.807, 2.05) is 32.0 Å². The van der Waals surface area contributed by atoms with Crippen molar-refractivity contribution in [1.82, 2.24) is 5.32 Å². The lowest BCUT2D eigenvalue weighted by Gasteiger charge is -2.13. The lowest BCUT2D eigenvalue weighted by atomic mass is 10.1. The molecule has 2 aromatic carbocycles. The second-order valence-electron chi connectivity index (χ2n) is 6.51. The summed E-state index contributed by atoms with van der Waals surface area (Å²) in [5.74, 6) is 0.257. The van der Waals surface area contributed by atoms with Crippen molar-refractivity contribution in [2.45, 2.75) is 20.4 Å². The third-order valence-electron chi connectivity index (χ3n) is 4.32. The van der Waals surface area contributed by atoms with Crippen LogP contribution < -0.4 is 16.0 Å². The maximum atomic E-state index is 12.3. The molecule has 0 saturated carbocycles. The predicted molar refractivity (Wildman–Crippen MR) is 109 cm³/mol. The Labute approximate surface area is 164 Å². The third kappa shape index (κ3) is 5.01. The number of anilines is 2. The molecule has 6 nitrogen and oxygen atoms in total. The number of carbonyl (C=O) groups is 2. The molecule has 28 heavy (non-hydrogen) atoms. The van der Waals surface area contributed by atoms with E-state index in [4.69, 9.17) is 4.42 Å². The summed E-state index contributed by atoms with van der Waals surface area (Å²) in [4.78, 5) is 24.6. The number of carbonyl (C=O) groups excluding carboxylic acids is 2. The normalized spacial score (nSPS) is 10.4. The fraction of sp³-hybridized carbons (Fsp3) is 0.182. The largest absolute Gasteiger partial charge is 0.467 e. The number of amides is 2. The summed E-state index contributed by atoms with van der Waals surface area (Å²) in [6, 6.07) is 16.4. The molecule has 0 unspecified atom stereocenters. The molecule has 0 aliphatic carbocycles. The van der Waals surface area contributed by atoms with Crippen LogP contribution in [0.5, 0.6) is 0 Å². The number of nitrogens with one attached hydrogen (secondary N) is 3.